The van der Waals surface area contributed by atoms with Crippen LogP contribution in [0.4, 0.5) is 5.13 Å². The van der Waals surface area contributed by atoms with Gasteiger partial charge in [-0.1, -0.05) is 67.6 Å². The van der Waals surface area contributed by atoms with Crippen LogP contribution in [0.2, 0.25) is 0 Å². The van der Waals surface area contributed by atoms with Crippen LogP contribution >= 0.6 is 23.7 Å². The van der Waals surface area contributed by atoms with Gasteiger partial charge in [-0.25, -0.2) is 4.98 Å². The lowest BCUT2D eigenvalue weighted by molar-refractivity contribution is 0.0984. The van der Waals surface area contributed by atoms with Crippen molar-refractivity contribution in [1.82, 2.24) is 9.88 Å². The zero-order chi connectivity index (χ0) is 23.5. The zero-order valence-corrected chi connectivity index (χ0v) is 21.4. The number of benzene rings is 3. The van der Waals surface area contributed by atoms with Crippen molar-refractivity contribution in [1.29, 1.82) is 0 Å². The van der Waals surface area contributed by atoms with E-state index in [-0.39, 0.29) is 25.1 Å². The van der Waals surface area contributed by atoms with Crippen molar-refractivity contribution in [3.63, 3.8) is 0 Å². The third-order valence-corrected chi connectivity index (χ3v) is 7.16. The fraction of sp³-hybridized carbons (Fsp3) is 0.259. The molecule has 0 N–H and O–H groups in total. The molecule has 1 amide bonds. The lowest BCUT2D eigenvalue weighted by Gasteiger charge is -2.24. The summed E-state index contributed by atoms with van der Waals surface area (Å²) in [7, 11) is 0. The van der Waals surface area contributed by atoms with Crippen LogP contribution in [0.3, 0.4) is 0 Å². The zero-order valence-electron chi connectivity index (χ0n) is 19.8. The predicted molar refractivity (Wildman–Crippen MR) is 144 cm³/mol. The molecule has 1 aliphatic heterocycles. The van der Waals surface area contributed by atoms with Crippen molar-refractivity contribution in [2.24, 2.45) is 0 Å². The molecule has 0 atom stereocenters. The number of likely N-dealkylation sites (N-methyl/N-ethyl adjacent to an activating group) is 1. The molecule has 6 nitrogen and oxygen atoms in total. The fourth-order valence-corrected chi connectivity index (χ4v) is 5.08. The van der Waals surface area contributed by atoms with Gasteiger partial charge in [0.25, 0.3) is 5.91 Å². The first-order valence-corrected chi connectivity index (χ1v) is 12.4. The van der Waals surface area contributed by atoms with Crippen molar-refractivity contribution >= 4 is 45.0 Å². The lowest BCUT2D eigenvalue weighted by atomic mass is 10.0. The molecule has 0 aliphatic carbocycles. The number of nitrogens with zero attached hydrogens (tertiary/aromatic N) is 3. The molecular weight excluding hydrogens is 482 g/mol. The van der Waals surface area contributed by atoms with E-state index >= 15 is 0 Å². The highest BCUT2D eigenvalue weighted by Crippen LogP contribution is 2.40. The van der Waals surface area contributed by atoms with Crippen molar-refractivity contribution < 1.29 is 14.3 Å². The summed E-state index contributed by atoms with van der Waals surface area (Å²) in [6.45, 7) is 7.71. The molecule has 0 radical (unpaired) electrons. The van der Waals surface area contributed by atoms with E-state index in [0.29, 0.717) is 23.0 Å². The van der Waals surface area contributed by atoms with E-state index in [1.165, 1.54) is 11.3 Å². The van der Waals surface area contributed by atoms with E-state index in [9.17, 15) is 4.79 Å². The minimum absolute atomic E-state index is 0. The quantitative estimate of drug-likeness (QED) is 0.287. The molecule has 3 aromatic carbocycles. The van der Waals surface area contributed by atoms with Crippen LogP contribution in [-0.2, 0) is 0 Å². The van der Waals surface area contributed by atoms with E-state index in [2.05, 4.69) is 30.9 Å². The van der Waals surface area contributed by atoms with Gasteiger partial charge in [0, 0.05) is 30.8 Å². The molecule has 0 bridgehead atoms. The predicted octanol–water partition coefficient (Wildman–Crippen LogP) is 6.10. The molecule has 182 valence electrons. The van der Waals surface area contributed by atoms with E-state index in [1.54, 1.807) is 4.90 Å². The monoisotopic (exact) mass is 509 g/mol. The molecule has 35 heavy (non-hydrogen) atoms. The number of ether oxygens (including phenoxy) is 2. The van der Waals surface area contributed by atoms with Gasteiger partial charge in [-0.2, -0.15) is 0 Å². The normalized spacial score (nSPS) is 12.1. The number of aromatic nitrogens is 1. The first-order valence-electron chi connectivity index (χ1n) is 11.6. The van der Waals surface area contributed by atoms with Crippen LogP contribution < -0.4 is 14.4 Å². The molecule has 8 heteroatoms. The Hall–Kier alpha value is -3.13. The van der Waals surface area contributed by atoms with Gasteiger partial charge in [0.2, 0.25) is 6.79 Å². The molecule has 2 heterocycles. The first-order chi connectivity index (χ1) is 16.7. The van der Waals surface area contributed by atoms with Crippen molar-refractivity contribution in [2.45, 2.75) is 13.8 Å². The van der Waals surface area contributed by atoms with Gasteiger partial charge in [0.1, 0.15) is 0 Å². The molecule has 0 spiro atoms. The van der Waals surface area contributed by atoms with E-state index < -0.39 is 0 Å². The topological polar surface area (TPSA) is 54.9 Å². The average molecular weight is 510 g/mol. The van der Waals surface area contributed by atoms with Crippen molar-refractivity contribution in [3.8, 4) is 22.6 Å². The van der Waals surface area contributed by atoms with Crippen LogP contribution in [-0.4, -0.2) is 48.8 Å². The number of carbonyl (C=O) groups excluding carboxylic acids is 1. The smallest absolute Gasteiger partial charge is 0.260 e. The third kappa shape index (κ3) is 5.27. The summed E-state index contributed by atoms with van der Waals surface area (Å²) >= 11 is 1.50. The Labute approximate surface area is 215 Å². The summed E-state index contributed by atoms with van der Waals surface area (Å²) in [6, 6.07) is 21.8. The van der Waals surface area contributed by atoms with Gasteiger partial charge >= 0.3 is 0 Å². The molecule has 0 fully saturated rings. The number of rotatable bonds is 8. The number of halogens is 1. The van der Waals surface area contributed by atoms with Crippen molar-refractivity contribution in [3.05, 3.63) is 72.3 Å². The van der Waals surface area contributed by atoms with Crippen LogP contribution in [0.1, 0.15) is 24.2 Å². The number of thiazole rings is 1. The summed E-state index contributed by atoms with van der Waals surface area (Å²) in [6.07, 6.45) is 0. The van der Waals surface area contributed by atoms with Gasteiger partial charge < -0.3 is 14.4 Å². The first kappa shape index (κ1) is 25.0. The van der Waals surface area contributed by atoms with E-state index in [0.717, 1.165) is 46.7 Å². The maximum atomic E-state index is 13.7. The highest BCUT2D eigenvalue weighted by Gasteiger charge is 2.24. The van der Waals surface area contributed by atoms with Gasteiger partial charge in [0.05, 0.1) is 10.2 Å². The Balaban J connectivity index is 0.00000289. The second-order valence-corrected chi connectivity index (χ2v) is 9.11. The lowest BCUT2D eigenvalue weighted by Crippen LogP contribution is -2.38. The largest absolute Gasteiger partial charge is 0.454 e. The standard InChI is InChI=1S/C27H27N3O3S.ClH/c1-3-29(4-2)14-15-30(27-28-22-16-23-24(33-18-32-23)17-25(22)34-27)26(31)21-12-10-20(11-13-21)19-8-6-5-7-9-19;/h5-13,16-17H,3-4,14-15,18H2,1-2H3;1H. The third-order valence-electron chi connectivity index (χ3n) is 6.12. The van der Waals surface area contributed by atoms with Gasteiger partial charge in [-0.3, -0.25) is 9.69 Å². The molecule has 5 rings (SSSR count). The number of amides is 1. The molecular formula is C27H28ClN3O3S. The van der Waals surface area contributed by atoms with Crippen LogP contribution in [0, 0.1) is 0 Å². The SMILES string of the molecule is CCN(CC)CCN(C(=O)c1ccc(-c2ccccc2)cc1)c1nc2cc3c(cc2s1)OCO3.Cl. The Bertz CT molecular complexity index is 1250. The van der Waals surface area contributed by atoms with Crippen LogP contribution in [0.15, 0.2) is 66.7 Å². The summed E-state index contributed by atoms with van der Waals surface area (Å²) in [5.74, 6) is 1.37. The fourth-order valence-electron chi connectivity index (χ4n) is 4.08. The number of hydrogen-bond donors (Lipinski definition) is 0. The molecule has 0 saturated heterocycles. The summed E-state index contributed by atoms with van der Waals surface area (Å²) < 4.78 is 12.0. The Morgan fingerprint density at radius 3 is 2.26 bits per heavy atom. The molecule has 1 aromatic heterocycles. The maximum Gasteiger partial charge on any atom is 0.260 e. The number of anilines is 1. The van der Waals surface area contributed by atoms with Crippen LogP contribution in [0.25, 0.3) is 21.3 Å². The molecule has 1 aliphatic rings. The van der Waals surface area contributed by atoms with Crippen LogP contribution in [0.5, 0.6) is 11.5 Å². The summed E-state index contributed by atoms with van der Waals surface area (Å²) in [4.78, 5) is 22.6. The van der Waals surface area contributed by atoms with E-state index in [4.69, 9.17) is 14.5 Å². The maximum absolute atomic E-state index is 13.7. The molecule has 4 aromatic rings. The van der Waals surface area contributed by atoms with E-state index in [1.807, 2.05) is 54.6 Å². The Morgan fingerprint density at radius 2 is 1.57 bits per heavy atom. The summed E-state index contributed by atoms with van der Waals surface area (Å²) in [5, 5.41) is 0.683. The molecule has 0 unspecified atom stereocenters. The number of hydrogen-bond acceptors (Lipinski definition) is 6. The van der Waals surface area contributed by atoms with Gasteiger partial charge in [0.15, 0.2) is 16.6 Å². The number of fused-ring (bicyclic) bond motifs is 2. The van der Waals surface area contributed by atoms with Crippen molar-refractivity contribution in [2.75, 3.05) is 37.9 Å². The minimum atomic E-state index is -0.0501. The second-order valence-electron chi connectivity index (χ2n) is 8.10. The highest BCUT2D eigenvalue weighted by atomic mass is 35.5. The minimum Gasteiger partial charge on any atom is -0.454 e. The summed E-state index contributed by atoms with van der Waals surface area (Å²) in [5.41, 5.74) is 3.67. The highest BCUT2D eigenvalue weighted by molar-refractivity contribution is 7.22. The average Bonchev–Trinajstić information content (AvgIpc) is 3.51. The second kappa shape index (κ2) is 11.1. The number of carbonyl (C=O) groups is 1. The van der Waals surface area contributed by atoms with Gasteiger partial charge in [-0.05, 0) is 36.3 Å². The Kier molecular flexibility index (Phi) is 7.90. The van der Waals surface area contributed by atoms with Gasteiger partial charge in [-0.15, -0.1) is 12.4 Å². The molecule has 0 saturated carbocycles. The Morgan fingerprint density at radius 1 is 0.914 bits per heavy atom.